The second-order valence-corrected chi connectivity index (χ2v) is 7.07. The molecule has 0 radical (unpaired) electrons. The SMILES string of the molecule is CC(C)N1CCN(SC2CC2)CC12CC2. The molecule has 0 aromatic rings. The molecule has 86 valence electrons. The van der Waals surface area contributed by atoms with Crippen LogP contribution in [0.1, 0.15) is 39.5 Å². The topological polar surface area (TPSA) is 6.48 Å². The van der Waals surface area contributed by atoms with Crippen molar-refractivity contribution in [1.29, 1.82) is 0 Å². The first-order valence-electron chi connectivity index (χ1n) is 6.38. The molecule has 0 amide bonds. The summed E-state index contributed by atoms with van der Waals surface area (Å²) in [4.78, 5) is 2.75. The van der Waals surface area contributed by atoms with Gasteiger partial charge in [0.05, 0.1) is 0 Å². The van der Waals surface area contributed by atoms with E-state index in [1.807, 2.05) is 0 Å². The first kappa shape index (κ1) is 10.4. The Morgan fingerprint density at radius 2 is 1.93 bits per heavy atom. The molecular formula is C12H22N2S. The molecule has 0 aromatic carbocycles. The van der Waals surface area contributed by atoms with E-state index in [1.165, 1.54) is 45.3 Å². The lowest BCUT2D eigenvalue weighted by Gasteiger charge is -2.43. The van der Waals surface area contributed by atoms with Gasteiger partial charge in [-0.2, -0.15) is 0 Å². The van der Waals surface area contributed by atoms with Crippen LogP contribution in [0.15, 0.2) is 0 Å². The van der Waals surface area contributed by atoms with Crippen molar-refractivity contribution in [1.82, 2.24) is 9.21 Å². The van der Waals surface area contributed by atoms with Gasteiger partial charge in [-0.25, -0.2) is 4.31 Å². The fourth-order valence-electron chi connectivity index (χ4n) is 2.82. The third-order valence-corrected chi connectivity index (χ3v) is 5.32. The Morgan fingerprint density at radius 1 is 1.20 bits per heavy atom. The summed E-state index contributed by atoms with van der Waals surface area (Å²) in [6.45, 7) is 8.60. The van der Waals surface area contributed by atoms with E-state index in [-0.39, 0.29) is 0 Å². The molecule has 3 heteroatoms. The van der Waals surface area contributed by atoms with Crippen molar-refractivity contribution in [3.05, 3.63) is 0 Å². The Bertz CT molecular complexity index is 246. The lowest BCUT2D eigenvalue weighted by molar-refractivity contribution is 0.0752. The number of rotatable bonds is 3. The second kappa shape index (κ2) is 3.64. The number of hydrogen-bond acceptors (Lipinski definition) is 3. The summed E-state index contributed by atoms with van der Waals surface area (Å²) >= 11 is 2.15. The zero-order valence-corrected chi connectivity index (χ0v) is 10.7. The normalized spacial score (nSPS) is 31.4. The predicted molar refractivity (Wildman–Crippen MR) is 66.0 cm³/mol. The number of nitrogens with zero attached hydrogens (tertiary/aromatic N) is 2. The van der Waals surface area contributed by atoms with E-state index >= 15 is 0 Å². The highest BCUT2D eigenvalue weighted by molar-refractivity contribution is 7.97. The molecule has 2 saturated carbocycles. The summed E-state index contributed by atoms with van der Waals surface area (Å²) in [5.74, 6) is 0. The molecule has 3 rings (SSSR count). The first-order valence-corrected chi connectivity index (χ1v) is 7.22. The zero-order valence-electron chi connectivity index (χ0n) is 9.91. The summed E-state index contributed by atoms with van der Waals surface area (Å²) in [6, 6.07) is 0.737. The molecule has 1 aliphatic heterocycles. The molecule has 1 saturated heterocycles. The van der Waals surface area contributed by atoms with Gasteiger partial charge < -0.3 is 0 Å². The molecule has 2 nitrogen and oxygen atoms in total. The summed E-state index contributed by atoms with van der Waals surface area (Å²) < 4.78 is 2.66. The minimum Gasteiger partial charge on any atom is -0.293 e. The quantitative estimate of drug-likeness (QED) is 0.682. The van der Waals surface area contributed by atoms with Crippen molar-refractivity contribution in [2.75, 3.05) is 19.6 Å². The van der Waals surface area contributed by atoms with Crippen LogP contribution in [0.3, 0.4) is 0 Å². The van der Waals surface area contributed by atoms with Gasteiger partial charge in [0.25, 0.3) is 0 Å². The fraction of sp³-hybridized carbons (Fsp3) is 1.00. The molecule has 15 heavy (non-hydrogen) atoms. The molecule has 3 aliphatic rings. The maximum atomic E-state index is 2.75. The van der Waals surface area contributed by atoms with E-state index in [1.54, 1.807) is 0 Å². The molecular weight excluding hydrogens is 204 g/mol. The fourth-order valence-corrected chi connectivity index (χ4v) is 4.09. The summed E-state index contributed by atoms with van der Waals surface area (Å²) in [6.07, 6.45) is 5.80. The Balaban J connectivity index is 1.61. The number of hydrogen-bond donors (Lipinski definition) is 0. The highest BCUT2D eigenvalue weighted by atomic mass is 32.2. The van der Waals surface area contributed by atoms with E-state index in [0.29, 0.717) is 5.54 Å². The third kappa shape index (κ3) is 2.06. The average molecular weight is 226 g/mol. The Labute approximate surface area is 97.5 Å². The molecule has 0 N–H and O–H groups in total. The van der Waals surface area contributed by atoms with Crippen LogP contribution < -0.4 is 0 Å². The van der Waals surface area contributed by atoms with Gasteiger partial charge in [0.2, 0.25) is 0 Å². The highest BCUT2D eigenvalue weighted by Gasteiger charge is 2.52. The van der Waals surface area contributed by atoms with Crippen LogP contribution in [0.4, 0.5) is 0 Å². The van der Waals surface area contributed by atoms with Gasteiger partial charge in [-0.3, -0.25) is 4.90 Å². The van der Waals surface area contributed by atoms with Crippen molar-refractivity contribution >= 4 is 11.9 Å². The van der Waals surface area contributed by atoms with E-state index in [9.17, 15) is 0 Å². The minimum absolute atomic E-state index is 0.592. The average Bonchev–Trinajstić information content (AvgIpc) is 3.05. The van der Waals surface area contributed by atoms with Crippen LogP contribution in [-0.2, 0) is 0 Å². The summed E-state index contributed by atoms with van der Waals surface area (Å²) in [5.41, 5.74) is 0.592. The summed E-state index contributed by atoms with van der Waals surface area (Å²) in [5, 5.41) is 0.978. The third-order valence-electron chi connectivity index (χ3n) is 3.94. The minimum atomic E-state index is 0.592. The lowest BCUT2D eigenvalue weighted by atomic mass is 10.1. The maximum Gasteiger partial charge on any atom is 0.0350 e. The summed E-state index contributed by atoms with van der Waals surface area (Å²) in [7, 11) is 0. The van der Waals surface area contributed by atoms with E-state index in [2.05, 4.69) is 35.0 Å². The van der Waals surface area contributed by atoms with Crippen molar-refractivity contribution in [3.8, 4) is 0 Å². The molecule has 2 aliphatic carbocycles. The second-order valence-electron chi connectivity index (χ2n) is 5.68. The molecule has 1 spiro atoms. The highest BCUT2D eigenvalue weighted by Crippen LogP contribution is 2.48. The van der Waals surface area contributed by atoms with E-state index in [4.69, 9.17) is 0 Å². The van der Waals surface area contributed by atoms with Crippen LogP contribution in [-0.4, -0.2) is 45.7 Å². The van der Waals surface area contributed by atoms with E-state index in [0.717, 1.165) is 11.3 Å². The maximum absolute atomic E-state index is 2.75. The van der Waals surface area contributed by atoms with Crippen LogP contribution in [0.5, 0.6) is 0 Å². The largest absolute Gasteiger partial charge is 0.293 e. The van der Waals surface area contributed by atoms with Crippen LogP contribution in [0, 0.1) is 0 Å². The molecule has 0 atom stereocenters. The van der Waals surface area contributed by atoms with E-state index < -0.39 is 0 Å². The molecule has 0 aromatic heterocycles. The molecule has 1 heterocycles. The molecule has 0 bridgehead atoms. The predicted octanol–water partition coefficient (Wildman–Crippen LogP) is 2.36. The van der Waals surface area contributed by atoms with Crippen LogP contribution >= 0.6 is 11.9 Å². The monoisotopic (exact) mass is 226 g/mol. The van der Waals surface area contributed by atoms with Gasteiger partial charge in [-0.1, -0.05) is 11.9 Å². The standard InChI is InChI=1S/C12H22N2S/c1-10(2)14-8-7-13(15-11-3-4-11)9-12(14)5-6-12/h10-11H,3-9H2,1-2H3. The Morgan fingerprint density at radius 3 is 2.47 bits per heavy atom. The van der Waals surface area contributed by atoms with Crippen LogP contribution in [0.2, 0.25) is 0 Å². The van der Waals surface area contributed by atoms with Crippen molar-refractivity contribution < 1.29 is 0 Å². The van der Waals surface area contributed by atoms with Crippen molar-refractivity contribution in [2.24, 2.45) is 0 Å². The van der Waals surface area contributed by atoms with Gasteiger partial charge in [0.15, 0.2) is 0 Å². The lowest BCUT2D eigenvalue weighted by Crippen LogP contribution is -2.55. The Kier molecular flexibility index (Phi) is 2.53. The van der Waals surface area contributed by atoms with Gasteiger partial charge in [0, 0.05) is 36.5 Å². The van der Waals surface area contributed by atoms with Gasteiger partial charge >= 0.3 is 0 Å². The number of piperazine rings is 1. The van der Waals surface area contributed by atoms with Crippen LogP contribution in [0.25, 0.3) is 0 Å². The van der Waals surface area contributed by atoms with Crippen molar-refractivity contribution in [2.45, 2.75) is 56.4 Å². The molecule has 3 fully saturated rings. The van der Waals surface area contributed by atoms with Gasteiger partial charge in [-0.15, -0.1) is 0 Å². The Hall–Kier alpha value is 0.270. The van der Waals surface area contributed by atoms with Gasteiger partial charge in [-0.05, 0) is 39.5 Å². The first-order chi connectivity index (χ1) is 7.20. The van der Waals surface area contributed by atoms with Crippen molar-refractivity contribution in [3.63, 3.8) is 0 Å². The van der Waals surface area contributed by atoms with Gasteiger partial charge in [0.1, 0.15) is 0 Å². The smallest absolute Gasteiger partial charge is 0.0350 e. The molecule has 0 unspecified atom stereocenters. The zero-order chi connectivity index (χ0) is 10.5.